The van der Waals surface area contributed by atoms with Crippen LogP contribution in [0, 0.1) is 30.6 Å². The summed E-state index contributed by atoms with van der Waals surface area (Å²) in [5.41, 5.74) is 1.98. The number of amides is 3. The first-order chi connectivity index (χ1) is 16.8. The van der Waals surface area contributed by atoms with Crippen molar-refractivity contribution in [2.45, 2.75) is 25.9 Å². The molecule has 6 atom stereocenters. The zero-order valence-corrected chi connectivity index (χ0v) is 20.7. The lowest BCUT2D eigenvalue weighted by Gasteiger charge is -2.33. The molecule has 4 rings (SSSR count). The molecule has 1 fully saturated rings. The number of allylic oxidation sites excluding steroid dienone is 1. The van der Waals surface area contributed by atoms with Crippen LogP contribution in [0.3, 0.4) is 0 Å². The smallest absolute Gasteiger partial charge is 0.247 e. The summed E-state index contributed by atoms with van der Waals surface area (Å²) in [6, 6.07) is 12.8. The first kappa shape index (κ1) is 24.9. The number of rotatable bonds is 6. The minimum Gasteiger partial charge on any atom is -0.394 e. The van der Waals surface area contributed by atoms with Crippen LogP contribution in [-0.2, 0) is 14.4 Å². The summed E-state index contributed by atoms with van der Waals surface area (Å²) >= 11 is 6.37. The van der Waals surface area contributed by atoms with E-state index in [1.54, 1.807) is 19.2 Å². The molecular formula is C27H30ClN3O4. The van der Waals surface area contributed by atoms with Gasteiger partial charge >= 0.3 is 0 Å². The largest absolute Gasteiger partial charge is 0.394 e. The van der Waals surface area contributed by atoms with E-state index in [0.717, 1.165) is 5.56 Å². The highest BCUT2D eigenvalue weighted by Gasteiger charge is 2.58. The van der Waals surface area contributed by atoms with Gasteiger partial charge in [0.05, 0.1) is 35.2 Å². The molecule has 1 aliphatic carbocycles. The highest BCUT2D eigenvalue weighted by molar-refractivity contribution is 6.34. The Bertz CT molecular complexity index is 1130. The van der Waals surface area contributed by atoms with Crippen LogP contribution >= 0.6 is 11.6 Å². The summed E-state index contributed by atoms with van der Waals surface area (Å²) < 4.78 is 0. The fourth-order valence-corrected chi connectivity index (χ4v) is 5.73. The lowest BCUT2D eigenvalue weighted by Crippen LogP contribution is -2.47. The van der Waals surface area contributed by atoms with Crippen LogP contribution in [0.5, 0.6) is 0 Å². The van der Waals surface area contributed by atoms with E-state index in [9.17, 15) is 19.5 Å². The van der Waals surface area contributed by atoms with Gasteiger partial charge in [0.15, 0.2) is 0 Å². The number of likely N-dealkylation sites (tertiary alicyclic amines) is 1. The molecule has 2 aliphatic rings. The predicted molar refractivity (Wildman–Crippen MR) is 135 cm³/mol. The molecule has 1 saturated heterocycles. The molecule has 1 heterocycles. The van der Waals surface area contributed by atoms with Crippen molar-refractivity contribution in [3.05, 3.63) is 76.8 Å². The van der Waals surface area contributed by atoms with Gasteiger partial charge in [-0.15, -0.1) is 0 Å². The summed E-state index contributed by atoms with van der Waals surface area (Å²) in [6.07, 6.45) is 3.77. The molecule has 0 saturated carbocycles. The molecule has 0 radical (unpaired) electrons. The van der Waals surface area contributed by atoms with E-state index in [-0.39, 0.29) is 24.3 Å². The first-order valence-electron chi connectivity index (χ1n) is 11.7. The van der Waals surface area contributed by atoms with Gasteiger partial charge in [-0.05, 0) is 30.0 Å². The summed E-state index contributed by atoms with van der Waals surface area (Å²) in [5, 5.41) is 16.4. The van der Waals surface area contributed by atoms with Crippen molar-refractivity contribution in [3.63, 3.8) is 0 Å². The van der Waals surface area contributed by atoms with E-state index >= 15 is 0 Å². The average Bonchev–Trinajstić information content (AvgIpc) is 3.14. The van der Waals surface area contributed by atoms with Crippen molar-refractivity contribution >= 4 is 35.0 Å². The number of halogens is 1. The minimum atomic E-state index is -0.934. The zero-order valence-electron chi connectivity index (χ0n) is 19.9. The Balaban J connectivity index is 1.81. The molecule has 35 heavy (non-hydrogen) atoms. The Morgan fingerprint density at radius 3 is 2.43 bits per heavy atom. The van der Waals surface area contributed by atoms with Crippen molar-refractivity contribution in [2.75, 3.05) is 19.0 Å². The molecule has 0 unspecified atom stereocenters. The Kier molecular flexibility index (Phi) is 7.28. The van der Waals surface area contributed by atoms with E-state index in [1.165, 1.54) is 4.90 Å². The van der Waals surface area contributed by atoms with Gasteiger partial charge in [-0.2, -0.15) is 0 Å². The number of carbonyl (C=O) groups is 3. The van der Waals surface area contributed by atoms with Crippen LogP contribution in [0.2, 0.25) is 5.02 Å². The number of para-hydroxylation sites is 1. The normalized spacial score (nSPS) is 26.3. The van der Waals surface area contributed by atoms with Crippen LogP contribution in [0.15, 0.2) is 60.7 Å². The fourth-order valence-electron chi connectivity index (χ4n) is 5.46. The van der Waals surface area contributed by atoms with Crippen LogP contribution < -0.4 is 10.6 Å². The van der Waals surface area contributed by atoms with Crippen molar-refractivity contribution < 1.29 is 19.5 Å². The second-order valence-corrected chi connectivity index (χ2v) is 9.61. The van der Waals surface area contributed by atoms with Gasteiger partial charge in [0, 0.05) is 13.0 Å². The Labute approximate surface area is 210 Å². The third kappa shape index (κ3) is 4.46. The maximum Gasteiger partial charge on any atom is 0.247 e. The van der Waals surface area contributed by atoms with Gasteiger partial charge in [0.1, 0.15) is 6.04 Å². The number of carbonyl (C=O) groups excluding carboxylic acids is 3. The average molecular weight is 496 g/mol. The van der Waals surface area contributed by atoms with E-state index in [1.807, 2.05) is 62.4 Å². The van der Waals surface area contributed by atoms with Crippen LogP contribution in [0.25, 0.3) is 0 Å². The second kappa shape index (κ2) is 10.2. The van der Waals surface area contributed by atoms with E-state index in [0.29, 0.717) is 16.3 Å². The maximum atomic E-state index is 14.0. The number of hydrogen-bond donors (Lipinski definition) is 3. The van der Waals surface area contributed by atoms with E-state index < -0.39 is 35.7 Å². The number of anilines is 1. The molecule has 3 amide bonds. The molecule has 0 spiro atoms. The number of benzene rings is 2. The standard InChI is InChI=1S/C27H30ClN3O4/c1-15-12-13-18-22(21(15)25(33)29-3)27(35)31(20(14-32)17-9-5-4-6-10-17)24(18)26(34)30-23-16(2)8-7-11-19(23)28/h4-13,15,18,20-22,24,32H,14H2,1-3H3,(H,29,33)(H,30,34)/t15-,18+,20-,21-,22+,24+/m1/s1. The monoisotopic (exact) mass is 495 g/mol. The Morgan fingerprint density at radius 1 is 1.09 bits per heavy atom. The molecule has 2 aromatic carbocycles. The van der Waals surface area contributed by atoms with E-state index in [4.69, 9.17) is 11.6 Å². The summed E-state index contributed by atoms with van der Waals surface area (Å²) in [7, 11) is 1.55. The summed E-state index contributed by atoms with van der Waals surface area (Å²) in [6.45, 7) is 3.37. The number of nitrogens with zero attached hydrogens (tertiary/aromatic N) is 1. The lowest BCUT2D eigenvalue weighted by molar-refractivity contribution is -0.142. The van der Waals surface area contributed by atoms with Gasteiger partial charge in [0.25, 0.3) is 0 Å². The number of aliphatic hydroxyl groups is 1. The topological polar surface area (TPSA) is 98.7 Å². The SMILES string of the molecule is CNC(=O)[C@H]1[C@H]2C(=O)N([C@H](CO)c3ccccc3)[C@H](C(=O)Nc3c(C)cccc3Cl)[C@H]2C=C[C@H]1C. The van der Waals surface area contributed by atoms with Crippen molar-refractivity contribution in [3.8, 4) is 0 Å². The molecule has 2 aromatic rings. The zero-order chi connectivity index (χ0) is 25.3. The number of aryl methyl sites for hydroxylation is 1. The van der Waals surface area contributed by atoms with E-state index in [2.05, 4.69) is 10.6 Å². The minimum absolute atomic E-state index is 0.182. The number of nitrogens with one attached hydrogen (secondary N) is 2. The number of aliphatic hydroxyl groups excluding tert-OH is 1. The predicted octanol–water partition coefficient (Wildman–Crippen LogP) is 3.33. The third-order valence-corrected chi connectivity index (χ3v) is 7.50. The maximum absolute atomic E-state index is 14.0. The Morgan fingerprint density at radius 2 is 1.80 bits per heavy atom. The molecular weight excluding hydrogens is 466 g/mol. The molecule has 8 heteroatoms. The Hall–Kier alpha value is -3.16. The highest BCUT2D eigenvalue weighted by Crippen LogP contribution is 2.47. The molecule has 1 aliphatic heterocycles. The summed E-state index contributed by atoms with van der Waals surface area (Å²) in [5.74, 6) is -3.05. The molecule has 184 valence electrons. The fraction of sp³-hybridized carbons (Fsp3) is 0.370. The third-order valence-electron chi connectivity index (χ3n) is 7.19. The highest BCUT2D eigenvalue weighted by atomic mass is 35.5. The van der Waals surface area contributed by atoms with Gasteiger partial charge in [-0.1, -0.05) is 73.1 Å². The first-order valence-corrected chi connectivity index (χ1v) is 12.1. The van der Waals surface area contributed by atoms with Crippen molar-refractivity contribution in [1.29, 1.82) is 0 Å². The van der Waals surface area contributed by atoms with Crippen LogP contribution in [0.1, 0.15) is 24.1 Å². The number of fused-ring (bicyclic) bond motifs is 1. The molecule has 7 nitrogen and oxygen atoms in total. The molecule has 3 N–H and O–H groups in total. The van der Waals surface area contributed by atoms with Crippen LogP contribution in [-0.4, -0.2) is 47.4 Å². The van der Waals surface area contributed by atoms with Gasteiger partial charge in [-0.3, -0.25) is 14.4 Å². The number of hydrogen-bond acceptors (Lipinski definition) is 4. The molecule has 0 aromatic heterocycles. The molecule has 0 bridgehead atoms. The lowest BCUT2D eigenvalue weighted by atomic mass is 9.70. The van der Waals surface area contributed by atoms with Crippen molar-refractivity contribution in [1.82, 2.24) is 10.2 Å². The van der Waals surface area contributed by atoms with Crippen molar-refractivity contribution in [2.24, 2.45) is 23.7 Å². The summed E-state index contributed by atoms with van der Waals surface area (Å²) in [4.78, 5) is 42.1. The van der Waals surface area contributed by atoms with Gasteiger partial charge in [-0.25, -0.2) is 0 Å². The second-order valence-electron chi connectivity index (χ2n) is 9.21. The van der Waals surface area contributed by atoms with Gasteiger partial charge in [0.2, 0.25) is 17.7 Å². The van der Waals surface area contributed by atoms with Gasteiger partial charge < -0.3 is 20.6 Å². The van der Waals surface area contributed by atoms with Crippen LogP contribution in [0.4, 0.5) is 5.69 Å². The quantitative estimate of drug-likeness (QED) is 0.535.